The van der Waals surface area contributed by atoms with Crippen molar-refractivity contribution in [3.63, 3.8) is 0 Å². The maximum absolute atomic E-state index is 5.50. The average Bonchev–Trinajstić information content (AvgIpc) is 2.50. The molecule has 0 aliphatic rings. The van der Waals surface area contributed by atoms with Crippen LogP contribution in [0.25, 0.3) is 0 Å². The minimum absolute atomic E-state index is 0.761. The highest BCUT2D eigenvalue weighted by atomic mass is 16.6. The first-order valence-electron chi connectivity index (χ1n) is 7.65. The van der Waals surface area contributed by atoms with E-state index in [1.807, 2.05) is 24.3 Å². The fourth-order valence-corrected chi connectivity index (χ4v) is 2.21. The molecule has 121 valence electrons. The predicted octanol–water partition coefficient (Wildman–Crippen LogP) is 2.80. The van der Waals surface area contributed by atoms with E-state index in [4.69, 9.17) is 9.31 Å². The lowest BCUT2D eigenvalue weighted by molar-refractivity contribution is 0.401. The summed E-state index contributed by atoms with van der Waals surface area (Å²) in [5.41, 5.74) is 2.50. The molecule has 0 N–H and O–H groups in total. The molecule has 23 heavy (non-hydrogen) atoms. The van der Waals surface area contributed by atoms with Gasteiger partial charge in [0, 0.05) is 13.1 Å². The lowest BCUT2D eigenvalue weighted by Crippen LogP contribution is -2.12. The molecule has 0 aliphatic heterocycles. The van der Waals surface area contributed by atoms with Crippen molar-refractivity contribution < 1.29 is 9.31 Å². The molecular weight excluding hydrogens is 287 g/mol. The van der Waals surface area contributed by atoms with Gasteiger partial charge in [0.2, 0.25) is 0 Å². The second-order valence-corrected chi connectivity index (χ2v) is 6.10. The third kappa shape index (κ3) is 6.34. The summed E-state index contributed by atoms with van der Waals surface area (Å²) in [5.74, 6) is 1.52. The Bertz CT molecular complexity index is 529. The normalized spacial score (nSPS) is 10.9. The maximum Gasteiger partial charge on any atom is 0.658 e. The van der Waals surface area contributed by atoms with Crippen molar-refractivity contribution in [2.45, 2.75) is 13.1 Å². The van der Waals surface area contributed by atoms with Gasteiger partial charge in [0.05, 0.1) is 0 Å². The molecule has 0 aromatic heterocycles. The summed E-state index contributed by atoms with van der Waals surface area (Å²) in [6.07, 6.45) is 0. The van der Waals surface area contributed by atoms with Crippen molar-refractivity contribution in [3.8, 4) is 11.5 Å². The Morgan fingerprint density at radius 2 is 1.00 bits per heavy atom. The zero-order valence-corrected chi connectivity index (χ0v) is 14.3. The summed E-state index contributed by atoms with van der Waals surface area (Å²) in [7, 11) is 9.57. The van der Waals surface area contributed by atoms with E-state index in [9.17, 15) is 0 Å². The Morgan fingerprint density at radius 1 is 0.652 bits per heavy atom. The summed E-state index contributed by atoms with van der Waals surface area (Å²) in [6, 6.07) is 16.0. The molecule has 2 rings (SSSR count). The number of hydrogen-bond donors (Lipinski definition) is 0. The molecule has 0 unspecified atom stereocenters. The van der Waals surface area contributed by atoms with Gasteiger partial charge >= 0.3 is 7.69 Å². The van der Waals surface area contributed by atoms with Gasteiger partial charge in [0.15, 0.2) is 0 Å². The van der Waals surface area contributed by atoms with E-state index in [1.165, 1.54) is 18.8 Å². The molecule has 0 saturated heterocycles. The zero-order chi connectivity index (χ0) is 16.7. The van der Waals surface area contributed by atoms with Crippen LogP contribution in [0.5, 0.6) is 11.5 Å². The minimum Gasteiger partial charge on any atom is -0.526 e. The van der Waals surface area contributed by atoms with Crippen molar-refractivity contribution in [1.82, 2.24) is 9.80 Å². The highest BCUT2D eigenvalue weighted by Gasteiger charge is 2.03. The van der Waals surface area contributed by atoms with Gasteiger partial charge in [-0.25, -0.2) is 0 Å². The molecule has 5 heteroatoms. The van der Waals surface area contributed by atoms with Crippen molar-refractivity contribution in [1.29, 1.82) is 0 Å². The van der Waals surface area contributed by atoms with E-state index >= 15 is 0 Å². The maximum atomic E-state index is 5.50. The third-order valence-corrected chi connectivity index (χ3v) is 3.21. The molecule has 0 amide bonds. The molecule has 0 fully saturated rings. The van der Waals surface area contributed by atoms with Gasteiger partial charge in [-0.3, -0.25) is 0 Å². The van der Waals surface area contributed by atoms with Crippen molar-refractivity contribution >= 4 is 7.69 Å². The Labute approximate surface area is 139 Å². The highest BCUT2D eigenvalue weighted by molar-refractivity contribution is 6.20. The van der Waals surface area contributed by atoms with Gasteiger partial charge in [0.25, 0.3) is 0 Å². The van der Waals surface area contributed by atoms with Crippen molar-refractivity contribution in [2.75, 3.05) is 28.2 Å². The van der Waals surface area contributed by atoms with Gasteiger partial charge in [-0.2, -0.15) is 0 Å². The predicted molar refractivity (Wildman–Crippen MR) is 94.7 cm³/mol. The molecular formula is C18H24BN2O2. The SMILES string of the molecule is CN(C)Cc1ccc(O[B]Oc2ccc(CN(C)C)cc2)cc1. The van der Waals surface area contributed by atoms with Crippen LogP contribution in [0.2, 0.25) is 0 Å². The lowest BCUT2D eigenvalue weighted by atomic mass is 10.2. The van der Waals surface area contributed by atoms with Gasteiger partial charge in [0.1, 0.15) is 11.5 Å². The van der Waals surface area contributed by atoms with Crippen LogP contribution in [0.1, 0.15) is 11.1 Å². The van der Waals surface area contributed by atoms with Crippen LogP contribution in [0, 0.1) is 0 Å². The molecule has 0 spiro atoms. The molecule has 2 aromatic carbocycles. The molecule has 0 aliphatic carbocycles. The Kier molecular flexibility index (Phi) is 6.50. The van der Waals surface area contributed by atoms with E-state index in [2.05, 4.69) is 62.3 Å². The van der Waals surface area contributed by atoms with Crippen LogP contribution in [0.3, 0.4) is 0 Å². The molecule has 2 aromatic rings. The number of rotatable bonds is 8. The topological polar surface area (TPSA) is 24.9 Å². The van der Waals surface area contributed by atoms with Gasteiger partial charge in [-0.15, -0.1) is 0 Å². The molecule has 4 nitrogen and oxygen atoms in total. The van der Waals surface area contributed by atoms with Gasteiger partial charge in [-0.1, -0.05) is 24.3 Å². The van der Waals surface area contributed by atoms with E-state index in [1.54, 1.807) is 0 Å². The van der Waals surface area contributed by atoms with E-state index in [-0.39, 0.29) is 0 Å². The number of nitrogens with zero attached hydrogens (tertiary/aromatic N) is 2. The van der Waals surface area contributed by atoms with Gasteiger partial charge < -0.3 is 19.1 Å². The zero-order valence-electron chi connectivity index (χ0n) is 14.3. The van der Waals surface area contributed by atoms with Crippen molar-refractivity contribution in [2.24, 2.45) is 0 Å². The Hall–Kier alpha value is -1.98. The summed E-state index contributed by atoms with van der Waals surface area (Å²) in [5, 5.41) is 0. The molecule has 0 atom stereocenters. The summed E-state index contributed by atoms with van der Waals surface area (Å²) >= 11 is 0. The smallest absolute Gasteiger partial charge is 0.526 e. The fourth-order valence-electron chi connectivity index (χ4n) is 2.21. The minimum atomic E-state index is 0.761. The standard InChI is InChI=1S/C18H24BN2O2/c1-20(2)13-15-5-9-17(10-6-15)22-19-23-18-11-7-16(8-12-18)14-21(3)4/h5-12H,13-14H2,1-4H3. The lowest BCUT2D eigenvalue weighted by Gasteiger charge is -2.11. The second kappa shape index (κ2) is 8.60. The first-order valence-corrected chi connectivity index (χ1v) is 7.65. The highest BCUT2D eigenvalue weighted by Crippen LogP contribution is 2.15. The van der Waals surface area contributed by atoms with E-state index < -0.39 is 0 Å². The van der Waals surface area contributed by atoms with E-state index in [0.717, 1.165) is 24.6 Å². The summed E-state index contributed by atoms with van der Waals surface area (Å²) in [4.78, 5) is 4.26. The first-order chi connectivity index (χ1) is 11.0. The molecule has 1 radical (unpaired) electrons. The third-order valence-electron chi connectivity index (χ3n) is 3.21. The van der Waals surface area contributed by atoms with Crippen molar-refractivity contribution in [3.05, 3.63) is 59.7 Å². The van der Waals surface area contributed by atoms with E-state index in [0.29, 0.717) is 0 Å². The quantitative estimate of drug-likeness (QED) is 0.700. The average molecular weight is 311 g/mol. The van der Waals surface area contributed by atoms with Crippen LogP contribution < -0.4 is 9.31 Å². The second-order valence-electron chi connectivity index (χ2n) is 6.10. The summed E-state index contributed by atoms with van der Waals surface area (Å²) in [6.45, 7) is 1.83. The Morgan fingerprint density at radius 3 is 1.30 bits per heavy atom. The molecule has 0 bridgehead atoms. The Balaban J connectivity index is 1.78. The van der Waals surface area contributed by atoms with Crippen LogP contribution in [-0.2, 0) is 13.1 Å². The molecule has 0 saturated carbocycles. The number of hydrogen-bond acceptors (Lipinski definition) is 4. The monoisotopic (exact) mass is 311 g/mol. The number of benzene rings is 2. The van der Waals surface area contributed by atoms with Crippen LogP contribution in [0.4, 0.5) is 0 Å². The summed E-state index contributed by atoms with van der Waals surface area (Å²) < 4.78 is 11.0. The van der Waals surface area contributed by atoms with Gasteiger partial charge in [-0.05, 0) is 63.6 Å². The molecule has 0 heterocycles. The van der Waals surface area contributed by atoms with Crippen LogP contribution >= 0.6 is 0 Å². The first kappa shape index (κ1) is 17.4. The fraction of sp³-hybridized carbons (Fsp3) is 0.333. The van der Waals surface area contributed by atoms with Crippen LogP contribution in [0.15, 0.2) is 48.5 Å². The van der Waals surface area contributed by atoms with Crippen LogP contribution in [-0.4, -0.2) is 45.7 Å². The largest absolute Gasteiger partial charge is 0.658 e.